The van der Waals surface area contributed by atoms with Gasteiger partial charge >= 0.3 is 6.03 Å². The molecule has 1 aliphatic rings. The number of hydrogen-bond acceptors (Lipinski definition) is 3. The molecule has 2 atom stereocenters. The van der Waals surface area contributed by atoms with Gasteiger partial charge in [0.1, 0.15) is 5.69 Å². The molecule has 1 aliphatic carbocycles. The van der Waals surface area contributed by atoms with Crippen LogP contribution in [0.3, 0.4) is 0 Å². The Morgan fingerprint density at radius 3 is 2.59 bits per heavy atom. The van der Waals surface area contributed by atoms with Crippen molar-refractivity contribution in [1.29, 1.82) is 0 Å². The summed E-state index contributed by atoms with van der Waals surface area (Å²) in [6, 6.07) is 17.6. The summed E-state index contributed by atoms with van der Waals surface area (Å²) in [7, 11) is 0. The van der Waals surface area contributed by atoms with Gasteiger partial charge in [0, 0.05) is 12.0 Å². The molecule has 0 saturated heterocycles. The number of urea groups is 1. The van der Waals surface area contributed by atoms with Crippen LogP contribution in [0.15, 0.2) is 60.7 Å². The summed E-state index contributed by atoms with van der Waals surface area (Å²) >= 11 is 0. The fourth-order valence-electron chi connectivity index (χ4n) is 3.19. The van der Waals surface area contributed by atoms with Crippen molar-refractivity contribution in [2.24, 2.45) is 0 Å². The van der Waals surface area contributed by atoms with Gasteiger partial charge < -0.3 is 5.32 Å². The molecule has 4 rings (SSSR count). The van der Waals surface area contributed by atoms with Crippen molar-refractivity contribution in [2.75, 3.05) is 0 Å². The maximum absolute atomic E-state index is 13.0. The SMILES string of the molecule is O=C(NNC(=O)c1cccc(F)n1)N[C@@H]1C[C@H]1c1cccc2ccccc12. The van der Waals surface area contributed by atoms with Gasteiger partial charge in [0.2, 0.25) is 5.95 Å². The van der Waals surface area contributed by atoms with E-state index in [-0.39, 0.29) is 17.7 Å². The average molecular weight is 364 g/mol. The van der Waals surface area contributed by atoms with Crippen molar-refractivity contribution < 1.29 is 14.0 Å². The second kappa shape index (κ2) is 7.03. The van der Waals surface area contributed by atoms with Gasteiger partial charge in [-0.2, -0.15) is 4.39 Å². The number of fused-ring (bicyclic) bond motifs is 1. The van der Waals surface area contributed by atoms with Gasteiger partial charge in [0.05, 0.1) is 0 Å². The van der Waals surface area contributed by atoms with E-state index < -0.39 is 17.9 Å². The van der Waals surface area contributed by atoms with E-state index in [1.54, 1.807) is 0 Å². The van der Waals surface area contributed by atoms with Crippen LogP contribution in [0.2, 0.25) is 0 Å². The van der Waals surface area contributed by atoms with E-state index >= 15 is 0 Å². The molecule has 3 aromatic rings. The largest absolute Gasteiger partial charge is 0.333 e. The van der Waals surface area contributed by atoms with Crippen LogP contribution in [0.25, 0.3) is 10.8 Å². The van der Waals surface area contributed by atoms with Crippen LogP contribution in [0.1, 0.15) is 28.4 Å². The minimum absolute atomic E-state index is 0.00000268. The van der Waals surface area contributed by atoms with Crippen molar-refractivity contribution in [2.45, 2.75) is 18.4 Å². The summed E-state index contributed by atoms with van der Waals surface area (Å²) in [6.07, 6.45) is 0.834. The zero-order valence-corrected chi connectivity index (χ0v) is 14.3. The zero-order chi connectivity index (χ0) is 18.8. The smallest absolute Gasteiger partial charge is 0.333 e. The lowest BCUT2D eigenvalue weighted by Gasteiger charge is -2.09. The lowest BCUT2D eigenvalue weighted by Crippen LogP contribution is -2.48. The van der Waals surface area contributed by atoms with Crippen LogP contribution in [0.5, 0.6) is 0 Å². The Morgan fingerprint density at radius 1 is 0.963 bits per heavy atom. The molecule has 6 nitrogen and oxygen atoms in total. The Morgan fingerprint density at radius 2 is 1.74 bits per heavy atom. The number of hydrazine groups is 1. The molecule has 3 amide bonds. The quantitative estimate of drug-likeness (QED) is 0.494. The highest BCUT2D eigenvalue weighted by Gasteiger charge is 2.40. The normalized spacial score (nSPS) is 18.0. The third-order valence-electron chi connectivity index (χ3n) is 4.57. The Kier molecular flexibility index (Phi) is 4.42. The first-order chi connectivity index (χ1) is 13.1. The lowest BCUT2D eigenvalue weighted by molar-refractivity contribution is 0.0930. The lowest BCUT2D eigenvalue weighted by atomic mass is 10.0. The number of carbonyl (C=O) groups excluding carboxylic acids is 2. The molecule has 27 heavy (non-hydrogen) atoms. The maximum Gasteiger partial charge on any atom is 0.333 e. The third kappa shape index (κ3) is 3.72. The fourth-order valence-corrected chi connectivity index (χ4v) is 3.19. The van der Waals surface area contributed by atoms with Crippen molar-refractivity contribution in [3.63, 3.8) is 0 Å². The Labute approximate surface area is 154 Å². The van der Waals surface area contributed by atoms with Gasteiger partial charge in [-0.1, -0.05) is 48.5 Å². The first-order valence-electron chi connectivity index (χ1n) is 8.59. The van der Waals surface area contributed by atoms with Crippen molar-refractivity contribution in [3.05, 3.63) is 77.9 Å². The summed E-state index contributed by atoms with van der Waals surface area (Å²) < 4.78 is 13.0. The summed E-state index contributed by atoms with van der Waals surface area (Å²) in [6.45, 7) is 0. The number of rotatable bonds is 3. The standard InChI is InChI=1S/C20H17FN4O2/c21-18-10-4-9-16(22-18)19(26)24-25-20(27)23-17-11-15(17)14-8-3-6-12-5-1-2-7-13(12)14/h1-10,15,17H,11H2,(H,24,26)(H2,23,25,27)/t15-,17+/m0/s1. The molecular formula is C20H17FN4O2. The molecule has 0 bridgehead atoms. The van der Waals surface area contributed by atoms with E-state index in [0.29, 0.717) is 0 Å². The van der Waals surface area contributed by atoms with Crippen LogP contribution >= 0.6 is 0 Å². The van der Waals surface area contributed by atoms with Gasteiger partial charge in [-0.15, -0.1) is 0 Å². The number of benzene rings is 2. The van der Waals surface area contributed by atoms with Crippen LogP contribution in [0.4, 0.5) is 9.18 Å². The van der Waals surface area contributed by atoms with Crippen molar-refractivity contribution in [3.8, 4) is 0 Å². The van der Waals surface area contributed by atoms with Crippen LogP contribution in [0, 0.1) is 5.95 Å². The summed E-state index contributed by atoms with van der Waals surface area (Å²) in [4.78, 5) is 27.3. The molecule has 0 radical (unpaired) electrons. The summed E-state index contributed by atoms with van der Waals surface area (Å²) in [5.74, 6) is -1.21. The van der Waals surface area contributed by atoms with E-state index in [4.69, 9.17) is 0 Å². The van der Waals surface area contributed by atoms with Gasteiger partial charge in [-0.25, -0.2) is 15.2 Å². The van der Waals surface area contributed by atoms with E-state index in [1.165, 1.54) is 28.5 Å². The molecule has 7 heteroatoms. The third-order valence-corrected chi connectivity index (χ3v) is 4.57. The molecule has 2 aromatic carbocycles. The van der Waals surface area contributed by atoms with Crippen LogP contribution in [-0.4, -0.2) is 23.0 Å². The van der Waals surface area contributed by atoms with Gasteiger partial charge in [-0.3, -0.25) is 10.2 Å². The number of nitrogens with one attached hydrogen (secondary N) is 3. The molecule has 0 unspecified atom stereocenters. The number of halogens is 1. The molecule has 1 fully saturated rings. The Balaban J connectivity index is 1.33. The molecule has 1 heterocycles. The zero-order valence-electron chi connectivity index (χ0n) is 14.3. The van der Waals surface area contributed by atoms with E-state index in [9.17, 15) is 14.0 Å². The highest BCUT2D eigenvalue weighted by molar-refractivity contribution is 5.93. The highest BCUT2D eigenvalue weighted by atomic mass is 19.1. The monoisotopic (exact) mass is 364 g/mol. The molecule has 136 valence electrons. The van der Waals surface area contributed by atoms with Crippen molar-refractivity contribution >= 4 is 22.7 Å². The second-order valence-corrected chi connectivity index (χ2v) is 6.42. The van der Waals surface area contributed by atoms with Crippen LogP contribution in [-0.2, 0) is 0 Å². The number of aromatic nitrogens is 1. The minimum atomic E-state index is -0.761. The highest BCUT2D eigenvalue weighted by Crippen LogP contribution is 2.43. The Bertz CT molecular complexity index is 1020. The first-order valence-corrected chi connectivity index (χ1v) is 8.59. The van der Waals surface area contributed by atoms with Crippen LogP contribution < -0.4 is 16.2 Å². The van der Waals surface area contributed by atoms with Gasteiger partial charge in [0.15, 0.2) is 0 Å². The second-order valence-electron chi connectivity index (χ2n) is 6.42. The number of hydrogen-bond donors (Lipinski definition) is 3. The summed E-state index contributed by atoms with van der Waals surface area (Å²) in [5.41, 5.74) is 5.57. The number of pyridine rings is 1. The number of nitrogens with zero attached hydrogens (tertiary/aromatic N) is 1. The molecule has 1 saturated carbocycles. The average Bonchev–Trinajstić information content (AvgIpc) is 3.44. The molecule has 3 N–H and O–H groups in total. The molecular weight excluding hydrogens is 347 g/mol. The predicted octanol–water partition coefficient (Wildman–Crippen LogP) is 2.87. The topological polar surface area (TPSA) is 83.1 Å². The van der Waals surface area contributed by atoms with E-state index in [2.05, 4.69) is 45.4 Å². The first kappa shape index (κ1) is 17.0. The number of amides is 3. The van der Waals surface area contributed by atoms with E-state index in [1.807, 2.05) is 18.2 Å². The molecule has 0 spiro atoms. The Hall–Kier alpha value is -3.48. The predicted molar refractivity (Wildman–Crippen MR) is 98.4 cm³/mol. The van der Waals surface area contributed by atoms with Gasteiger partial charge in [0.25, 0.3) is 5.91 Å². The summed E-state index contributed by atoms with van der Waals surface area (Å²) in [5, 5.41) is 5.17. The van der Waals surface area contributed by atoms with E-state index in [0.717, 1.165) is 12.5 Å². The minimum Gasteiger partial charge on any atom is -0.333 e. The number of carbonyl (C=O) groups is 2. The molecule has 1 aromatic heterocycles. The van der Waals surface area contributed by atoms with Crippen molar-refractivity contribution in [1.82, 2.24) is 21.2 Å². The maximum atomic E-state index is 13.0. The molecule has 0 aliphatic heterocycles. The fraction of sp³-hybridized carbons (Fsp3) is 0.150. The van der Waals surface area contributed by atoms with Gasteiger partial charge in [-0.05, 0) is 34.9 Å².